The maximum atomic E-state index is 11.0. The molecule has 0 aromatic rings. The minimum Gasteiger partial charge on any atom is -0.745 e. The molecule has 2 fully saturated rings. The van der Waals surface area contributed by atoms with Crippen LogP contribution < -0.4 is 0 Å². The van der Waals surface area contributed by atoms with Crippen LogP contribution in [0.5, 0.6) is 0 Å². The Labute approximate surface area is 100 Å². The SMILES string of the molecule is O=C(OCC1CC2CCC1C2)OCS(=O)(=O)[O-]. The molecule has 0 aliphatic heterocycles. The maximum absolute atomic E-state index is 11.0. The molecule has 0 amide bonds. The normalized spacial score (nSPS) is 31.5. The lowest BCUT2D eigenvalue weighted by atomic mass is 9.90. The first-order valence-electron chi connectivity index (χ1n) is 5.67. The zero-order valence-corrected chi connectivity index (χ0v) is 10.1. The number of carbonyl (C=O) groups excluding carboxylic acids is 1. The predicted octanol–water partition coefficient (Wildman–Crippen LogP) is 1.08. The fraction of sp³-hybridized carbons (Fsp3) is 0.900. The van der Waals surface area contributed by atoms with Crippen molar-refractivity contribution < 1.29 is 27.2 Å². The van der Waals surface area contributed by atoms with E-state index in [-0.39, 0.29) is 6.61 Å². The van der Waals surface area contributed by atoms with Gasteiger partial charge in [-0.1, -0.05) is 6.42 Å². The van der Waals surface area contributed by atoms with Crippen LogP contribution in [0.2, 0.25) is 0 Å². The van der Waals surface area contributed by atoms with Crippen LogP contribution in [0.3, 0.4) is 0 Å². The highest BCUT2D eigenvalue weighted by atomic mass is 32.2. The van der Waals surface area contributed by atoms with Crippen LogP contribution in [0.1, 0.15) is 25.7 Å². The van der Waals surface area contributed by atoms with Gasteiger partial charge in [0.2, 0.25) is 0 Å². The molecule has 0 radical (unpaired) electrons. The number of hydrogen-bond acceptors (Lipinski definition) is 6. The lowest BCUT2D eigenvalue weighted by Gasteiger charge is -2.20. The lowest BCUT2D eigenvalue weighted by Crippen LogP contribution is -2.21. The Balaban J connectivity index is 1.67. The molecular formula is C10H15O6S-. The van der Waals surface area contributed by atoms with Gasteiger partial charge in [0.25, 0.3) is 0 Å². The lowest BCUT2D eigenvalue weighted by molar-refractivity contribution is 0.0461. The third kappa shape index (κ3) is 3.57. The molecule has 0 aromatic heterocycles. The molecule has 0 spiro atoms. The third-order valence-corrected chi connectivity index (χ3v) is 4.03. The molecule has 2 aliphatic carbocycles. The molecule has 17 heavy (non-hydrogen) atoms. The van der Waals surface area contributed by atoms with E-state index in [0.717, 1.165) is 12.3 Å². The van der Waals surface area contributed by atoms with Crippen LogP contribution in [0.25, 0.3) is 0 Å². The van der Waals surface area contributed by atoms with E-state index in [1.54, 1.807) is 0 Å². The minimum atomic E-state index is -4.54. The molecule has 0 saturated heterocycles. The van der Waals surface area contributed by atoms with Gasteiger partial charge in [0.1, 0.15) is 10.1 Å². The number of fused-ring (bicyclic) bond motifs is 2. The monoisotopic (exact) mass is 263 g/mol. The first-order valence-corrected chi connectivity index (χ1v) is 7.25. The fourth-order valence-corrected chi connectivity index (χ4v) is 3.16. The Hall–Kier alpha value is -0.820. The van der Waals surface area contributed by atoms with E-state index in [1.807, 2.05) is 0 Å². The van der Waals surface area contributed by atoms with Crippen molar-refractivity contribution in [1.29, 1.82) is 0 Å². The van der Waals surface area contributed by atoms with Crippen molar-refractivity contribution in [3.63, 3.8) is 0 Å². The fourth-order valence-electron chi connectivity index (χ4n) is 2.92. The van der Waals surface area contributed by atoms with Crippen molar-refractivity contribution in [3.8, 4) is 0 Å². The Morgan fingerprint density at radius 3 is 2.53 bits per heavy atom. The molecular weight excluding hydrogens is 248 g/mol. The summed E-state index contributed by atoms with van der Waals surface area (Å²) in [7, 11) is -4.54. The van der Waals surface area contributed by atoms with Crippen LogP contribution in [-0.2, 0) is 19.6 Å². The molecule has 0 N–H and O–H groups in total. The molecule has 7 heteroatoms. The summed E-state index contributed by atoms with van der Waals surface area (Å²) in [6, 6.07) is 0. The van der Waals surface area contributed by atoms with Crippen LogP contribution >= 0.6 is 0 Å². The molecule has 3 atom stereocenters. The highest BCUT2D eigenvalue weighted by Gasteiger charge is 2.39. The Morgan fingerprint density at radius 2 is 2.00 bits per heavy atom. The van der Waals surface area contributed by atoms with Crippen molar-refractivity contribution in [2.75, 3.05) is 12.5 Å². The summed E-state index contributed by atoms with van der Waals surface area (Å²) >= 11 is 0. The standard InChI is InChI=1S/C10H16O6S/c11-10(16-6-17(12,13)14)15-5-9-4-7-1-2-8(9)3-7/h7-9H,1-6H2,(H,12,13,14)/p-1. The van der Waals surface area contributed by atoms with E-state index in [4.69, 9.17) is 4.74 Å². The average Bonchev–Trinajstić information content (AvgIpc) is 2.84. The first-order chi connectivity index (χ1) is 7.94. The summed E-state index contributed by atoms with van der Waals surface area (Å²) < 4.78 is 39.6. The second kappa shape index (κ2) is 4.81. The topological polar surface area (TPSA) is 92.7 Å². The summed E-state index contributed by atoms with van der Waals surface area (Å²) in [4.78, 5) is 11.0. The number of hydrogen-bond donors (Lipinski definition) is 0. The van der Waals surface area contributed by atoms with Crippen molar-refractivity contribution in [1.82, 2.24) is 0 Å². The van der Waals surface area contributed by atoms with Crippen LogP contribution in [0.15, 0.2) is 0 Å². The summed E-state index contributed by atoms with van der Waals surface area (Å²) in [6.07, 6.45) is 3.64. The van der Waals surface area contributed by atoms with Crippen LogP contribution in [0.4, 0.5) is 4.79 Å². The summed E-state index contributed by atoms with van der Waals surface area (Å²) in [5.41, 5.74) is 0. The smallest absolute Gasteiger partial charge is 0.509 e. The summed E-state index contributed by atoms with van der Waals surface area (Å²) in [5, 5.41) is 0. The average molecular weight is 263 g/mol. The van der Waals surface area contributed by atoms with Gasteiger partial charge in [0.15, 0.2) is 5.94 Å². The van der Waals surface area contributed by atoms with Gasteiger partial charge in [-0.05, 0) is 37.0 Å². The van der Waals surface area contributed by atoms with Gasteiger partial charge < -0.3 is 14.0 Å². The zero-order chi connectivity index (χ0) is 12.5. The zero-order valence-electron chi connectivity index (χ0n) is 9.33. The summed E-state index contributed by atoms with van der Waals surface area (Å²) in [6.45, 7) is 0.263. The molecule has 2 saturated carbocycles. The van der Waals surface area contributed by atoms with Crippen molar-refractivity contribution in [2.45, 2.75) is 25.7 Å². The number of ether oxygens (including phenoxy) is 2. The molecule has 2 rings (SSSR count). The second-order valence-corrected chi connectivity index (χ2v) is 6.17. The Morgan fingerprint density at radius 1 is 1.24 bits per heavy atom. The van der Waals surface area contributed by atoms with Gasteiger partial charge in [-0.25, -0.2) is 13.2 Å². The van der Waals surface area contributed by atoms with Crippen molar-refractivity contribution in [3.05, 3.63) is 0 Å². The quantitative estimate of drug-likeness (QED) is 0.556. The van der Waals surface area contributed by atoms with Crippen LogP contribution in [0, 0.1) is 17.8 Å². The van der Waals surface area contributed by atoms with Gasteiger partial charge in [0, 0.05) is 0 Å². The van der Waals surface area contributed by atoms with E-state index in [2.05, 4.69) is 4.74 Å². The van der Waals surface area contributed by atoms with Crippen LogP contribution in [-0.4, -0.2) is 31.7 Å². The molecule has 3 unspecified atom stereocenters. The largest absolute Gasteiger partial charge is 0.745 e. The summed E-state index contributed by atoms with van der Waals surface area (Å²) in [5.74, 6) is 0.579. The molecule has 2 bridgehead atoms. The molecule has 6 nitrogen and oxygen atoms in total. The molecule has 2 aliphatic rings. The van der Waals surface area contributed by atoms with Gasteiger partial charge in [-0.3, -0.25) is 0 Å². The molecule has 0 aromatic carbocycles. The maximum Gasteiger partial charge on any atom is 0.509 e. The second-order valence-electron chi connectivity index (χ2n) is 4.82. The highest BCUT2D eigenvalue weighted by molar-refractivity contribution is 7.85. The van der Waals surface area contributed by atoms with E-state index in [9.17, 15) is 17.8 Å². The first kappa shape index (κ1) is 12.6. The van der Waals surface area contributed by atoms with Gasteiger partial charge in [0.05, 0.1) is 6.61 Å². The Bertz CT molecular complexity index is 390. The molecule has 0 heterocycles. The number of carbonyl (C=O) groups is 1. The van der Waals surface area contributed by atoms with Gasteiger partial charge in [-0.15, -0.1) is 0 Å². The highest BCUT2D eigenvalue weighted by Crippen LogP contribution is 2.48. The predicted molar refractivity (Wildman–Crippen MR) is 55.9 cm³/mol. The third-order valence-electron chi connectivity index (χ3n) is 3.62. The number of rotatable bonds is 4. The molecule has 98 valence electrons. The van der Waals surface area contributed by atoms with Crippen molar-refractivity contribution in [2.24, 2.45) is 17.8 Å². The van der Waals surface area contributed by atoms with Crippen molar-refractivity contribution >= 4 is 16.3 Å². The van der Waals surface area contributed by atoms with E-state index in [1.165, 1.54) is 19.3 Å². The van der Waals surface area contributed by atoms with Gasteiger partial charge >= 0.3 is 6.16 Å². The van der Waals surface area contributed by atoms with Gasteiger partial charge in [-0.2, -0.15) is 0 Å². The Kier molecular flexibility index (Phi) is 3.58. The minimum absolute atomic E-state index is 0.263. The van der Waals surface area contributed by atoms with E-state index in [0.29, 0.717) is 11.8 Å². The van der Waals surface area contributed by atoms with E-state index < -0.39 is 22.2 Å². The van der Waals surface area contributed by atoms with E-state index >= 15 is 0 Å².